The van der Waals surface area contributed by atoms with Crippen molar-refractivity contribution in [2.45, 2.75) is 17.1 Å². The molecule has 1 aromatic rings. The monoisotopic (exact) mass is 294 g/mol. The van der Waals surface area contributed by atoms with E-state index in [9.17, 15) is 21.6 Å². The number of hydrogen-bond donors (Lipinski definition) is 1. The Labute approximate surface area is 109 Å². The SMILES string of the molecule is CN(C1CNC1)S(=O)(=O)c1cccc(C(F)(F)F)c1. The van der Waals surface area contributed by atoms with Gasteiger partial charge < -0.3 is 5.32 Å². The molecule has 19 heavy (non-hydrogen) atoms. The Kier molecular flexibility index (Phi) is 3.59. The molecule has 1 fully saturated rings. The van der Waals surface area contributed by atoms with Gasteiger partial charge in [-0.05, 0) is 18.2 Å². The maximum absolute atomic E-state index is 12.6. The Morgan fingerprint density at radius 3 is 2.42 bits per heavy atom. The maximum Gasteiger partial charge on any atom is 0.416 e. The van der Waals surface area contributed by atoms with E-state index in [0.29, 0.717) is 19.2 Å². The molecule has 0 spiro atoms. The molecule has 4 nitrogen and oxygen atoms in total. The molecule has 106 valence electrons. The van der Waals surface area contributed by atoms with Gasteiger partial charge in [0.05, 0.1) is 10.5 Å². The molecule has 0 amide bonds. The van der Waals surface area contributed by atoms with Crippen molar-refractivity contribution in [2.75, 3.05) is 20.1 Å². The lowest BCUT2D eigenvalue weighted by Crippen LogP contribution is -2.57. The van der Waals surface area contributed by atoms with Crippen molar-refractivity contribution in [3.05, 3.63) is 29.8 Å². The van der Waals surface area contributed by atoms with Crippen LogP contribution < -0.4 is 5.32 Å². The predicted octanol–water partition coefficient (Wildman–Crippen LogP) is 1.30. The zero-order valence-corrected chi connectivity index (χ0v) is 10.9. The standard InChI is InChI=1S/C11H13F3N2O2S/c1-16(9-6-15-7-9)19(17,18)10-4-2-3-8(5-10)11(12,13)14/h2-5,9,15H,6-7H2,1H3. The smallest absolute Gasteiger partial charge is 0.313 e. The van der Waals surface area contributed by atoms with E-state index in [2.05, 4.69) is 5.32 Å². The zero-order chi connectivity index (χ0) is 14.3. The number of nitrogens with one attached hydrogen (secondary N) is 1. The third kappa shape index (κ3) is 2.75. The van der Waals surface area contributed by atoms with E-state index >= 15 is 0 Å². The van der Waals surface area contributed by atoms with Gasteiger partial charge in [-0.1, -0.05) is 6.07 Å². The summed E-state index contributed by atoms with van der Waals surface area (Å²) in [6.45, 7) is 1.02. The summed E-state index contributed by atoms with van der Waals surface area (Å²) in [5.74, 6) is 0. The first-order valence-corrected chi connectivity index (χ1v) is 7.03. The zero-order valence-electron chi connectivity index (χ0n) is 10.1. The highest BCUT2D eigenvalue weighted by molar-refractivity contribution is 7.89. The van der Waals surface area contributed by atoms with Crippen LogP contribution in [0.25, 0.3) is 0 Å². The predicted molar refractivity (Wildman–Crippen MR) is 63.1 cm³/mol. The first-order valence-electron chi connectivity index (χ1n) is 5.59. The molecule has 1 saturated heterocycles. The first kappa shape index (κ1) is 14.3. The van der Waals surface area contributed by atoms with Gasteiger partial charge in [0.2, 0.25) is 10.0 Å². The average Bonchev–Trinajstić information content (AvgIpc) is 2.25. The number of halogens is 3. The molecule has 0 bridgehead atoms. The molecule has 1 heterocycles. The molecule has 8 heteroatoms. The minimum absolute atomic E-state index is 0.209. The van der Waals surface area contributed by atoms with Crippen molar-refractivity contribution >= 4 is 10.0 Å². The molecule has 1 aliphatic rings. The van der Waals surface area contributed by atoms with Crippen LogP contribution in [0.1, 0.15) is 5.56 Å². The van der Waals surface area contributed by atoms with Crippen LogP contribution in [0.15, 0.2) is 29.2 Å². The summed E-state index contributed by atoms with van der Waals surface area (Å²) in [6.07, 6.45) is -4.55. The number of likely N-dealkylation sites (N-methyl/N-ethyl adjacent to an activating group) is 1. The van der Waals surface area contributed by atoms with E-state index in [1.807, 2.05) is 0 Å². The van der Waals surface area contributed by atoms with E-state index in [4.69, 9.17) is 0 Å². The lowest BCUT2D eigenvalue weighted by atomic mass is 10.2. The van der Waals surface area contributed by atoms with Crippen LogP contribution in [-0.2, 0) is 16.2 Å². The van der Waals surface area contributed by atoms with Gasteiger partial charge in [-0.15, -0.1) is 0 Å². The second kappa shape index (κ2) is 4.77. The highest BCUT2D eigenvalue weighted by atomic mass is 32.2. The molecule has 0 aliphatic carbocycles. The van der Waals surface area contributed by atoms with Crippen LogP contribution in [0.3, 0.4) is 0 Å². The Morgan fingerprint density at radius 1 is 1.32 bits per heavy atom. The van der Waals surface area contributed by atoms with Gasteiger partial charge in [0.15, 0.2) is 0 Å². The van der Waals surface area contributed by atoms with Gasteiger partial charge in [-0.25, -0.2) is 8.42 Å². The molecule has 1 N–H and O–H groups in total. The van der Waals surface area contributed by atoms with E-state index in [1.54, 1.807) is 0 Å². The highest BCUT2D eigenvalue weighted by Crippen LogP contribution is 2.31. The molecular formula is C11H13F3N2O2S. The molecule has 0 atom stereocenters. The minimum Gasteiger partial charge on any atom is -0.313 e. The normalized spacial score (nSPS) is 17.5. The largest absolute Gasteiger partial charge is 0.416 e. The summed E-state index contributed by atoms with van der Waals surface area (Å²) in [7, 11) is -2.51. The quantitative estimate of drug-likeness (QED) is 0.914. The molecule has 1 aliphatic heterocycles. The molecular weight excluding hydrogens is 281 g/mol. The lowest BCUT2D eigenvalue weighted by molar-refractivity contribution is -0.137. The number of rotatable bonds is 3. The maximum atomic E-state index is 12.6. The molecule has 0 saturated carbocycles. The number of hydrogen-bond acceptors (Lipinski definition) is 3. The molecule has 0 aromatic heterocycles. The van der Waals surface area contributed by atoms with E-state index in [-0.39, 0.29) is 10.9 Å². The van der Waals surface area contributed by atoms with Crippen LogP contribution in [0.5, 0.6) is 0 Å². The highest BCUT2D eigenvalue weighted by Gasteiger charge is 2.35. The summed E-state index contributed by atoms with van der Waals surface area (Å²) in [4.78, 5) is -0.336. The summed E-state index contributed by atoms with van der Waals surface area (Å²) in [5.41, 5.74) is -0.964. The van der Waals surface area contributed by atoms with Gasteiger partial charge >= 0.3 is 6.18 Å². The summed E-state index contributed by atoms with van der Waals surface area (Å²) < 4.78 is 63.2. The molecule has 1 aromatic carbocycles. The third-order valence-electron chi connectivity index (χ3n) is 3.11. The topological polar surface area (TPSA) is 49.4 Å². The van der Waals surface area contributed by atoms with Gasteiger partial charge in [-0.3, -0.25) is 0 Å². The van der Waals surface area contributed by atoms with Crippen molar-refractivity contribution in [3.8, 4) is 0 Å². The van der Waals surface area contributed by atoms with E-state index < -0.39 is 21.8 Å². The molecule has 0 unspecified atom stereocenters. The first-order chi connectivity index (χ1) is 8.73. The number of nitrogens with zero attached hydrogens (tertiary/aromatic N) is 1. The van der Waals surface area contributed by atoms with Crippen LogP contribution in [0, 0.1) is 0 Å². The Bertz CT molecular complexity index is 568. The van der Waals surface area contributed by atoms with Crippen molar-refractivity contribution in [3.63, 3.8) is 0 Å². The molecule has 0 radical (unpaired) electrons. The fourth-order valence-electron chi connectivity index (χ4n) is 1.73. The summed E-state index contributed by atoms with van der Waals surface area (Å²) in [5, 5.41) is 2.92. The van der Waals surface area contributed by atoms with Crippen LogP contribution in [0.2, 0.25) is 0 Å². The van der Waals surface area contributed by atoms with Crippen LogP contribution in [0.4, 0.5) is 13.2 Å². The summed E-state index contributed by atoms with van der Waals surface area (Å²) in [6, 6.07) is 3.58. The number of alkyl halides is 3. The number of benzene rings is 1. The van der Waals surface area contributed by atoms with Gasteiger partial charge in [0.1, 0.15) is 0 Å². The number of sulfonamides is 1. The van der Waals surface area contributed by atoms with Gasteiger partial charge in [-0.2, -0.15) is 17.5 Å². The van der Waals surface area contributed by atoms with Crippen LogP contribution >= 0.6 is 0 Å². The van der Waals surface area contributed by atoms with E-state index in [1.165, 1.54) is 13.1 Å². The second-order valence-electron chi connectivity index (χ2n) is 4.36. The third-order valence-corrected chi connectivity index (χ3v) is 5.02. The van der Waals surface area contributed by atoms with Gasteiger partial charge in [0, 0.05) is 26.2 Å². The fourth-order valence-corrected chi connectivity index (χ4v) is 3.13. The van der Waals surface area contributed by atoms with E-state index in [0.717, 1.165) is 16.4 Å². The Morgan fingerprint density at radius 2 is 1.95 bits per heavy atom. The second-order valence-corrected chi connectivity index (χ2v) is 6.36. The average molecular weight is 294 g/mol. The molecule has 2 rings (SSSR count). The van der Waals surface area contributed by atoms with Crippen molar-refractivity contribution in [1.29, 1.82) is 0 Å². The Hall–Kier alpha value is -1.12. The fraction of sp³-hybridized carbons (Fsp3) is 0.455. The van der Waals surface area contributed by atoms with Crippen molar-refractivity contribution in [1.82, 2.24) is 9.62 Å². The lowest BCUT2D eigenvalue weighted by Gasteiger charge is -2.34. The van der Waals surface area contributed by atoms with Crippen LogP contribution in [-0.4, -0.2) is 38.9 Å². The summed E-state index contributed by atoms with van der Waals surface area (Å²) >= 11 is 0. The van der Waals surface area contributed by atoms with Gasteiger partial charge in [0.25, 0.3) is 0 Å². The Balaban J connectivity index is 2.35. The minimum atomic E-state index is -4.55. The van der Waals surface area contributed by atoms with Crippen molar-refractivity contribution in [2.24, 2.45) is 0 Å². The van der Waals surface area contributed by atoms with Crippen molar-refractivity contribution < 1.29 is 21.6 Å².